The third kappa shape index (κ3) is 5.05. The summed E-state index contributed by atoms with van der Waals surface area (Å²) in [7, 11) is 1.66. The zero-order valence-electron chi connectivity index (χ0n) is 16.2. The van der Waals surface area contributed by atoms with Gasteiger partial charge in [-0.3, -0.25) is 9.78 Å². The Labute approximate surface area is 160 Å². The molecule has 1 fully saturated rings. The van der Waals surface area contributed by atoms with Crippen LogP contribution in [0.5, 0.6) is 5.75 Å². The smallest absolute Gasteiger partial charge is 0.241 e. The van der Waals surface area contributed by atoms with E-state index >= 15 is 0 Å². The molecule has 144 valence electrons. The molecule has 2 unspecified atom stereocenters. The second-order valence-corrected chi connectivity index (χ2v) is 7.34. The van der Waals surface area contributed by atoms with Gasteiger partial charge in [-0.2, -0.15) is 0 Å². The molecule has 3 rings (SSSR count). The number of rotatable bonds is 7. The van der Waals surface area contributed by atoms with Crippen molar-refractivity contribution in [2.75, 3.05) is 13.7 Å². The normalized spacial score (nSPS) is 19.3. The van der Waals surface area contributed by atoms with E-state index in [0.717, 1.165) is 17.0 Å². The summed E-state index contributed by atoms with van der Waals surface area (Å²) in [6.07, 6.45) is 2.48. The molecule has 2 N–H and O–H groups in total. The van der Waals surface area contributed by atoms with Gasteiger partial charge < -0.3 is 9.64 Å². The van der Waals surface area contributed by atoms with Crippen LogP contribution in [0.2, 0.25) is 0 Å². The van der Waals surface area contributed by atoms with Crippen LogP contribution >= 0.6 is 0 Å². The lowest BCUT2D eigenvalue weighted by atomic mass is 10.0. The van der Waals surface area contributed by atoms with Crippen LogP contribution in [-0.2, 0) is 11.3 Å². The fraction of sp³-hybridized carbons (Fsp3) is 0.429. The van der Waals surface area contributed by atoms with Crippen molar-refractivity contribution >= 4 is 5.91 Å². The van der Waals surface area contributed by atoms with Crippen LogP contribution in [0.15, 0.2) is 48.7 Å². The highest BCUT2D eigenvalue weighted by molar-refractivity contribution is 5.82. The molecule has 0 spiro atoms. The number of benzene rings is 1. The maximum absolute atomic E-state index is 13.1. The van der Waals surface area contributed by atoms with Gasteiger partial charge in [0.2, 0.25) is 5.91 Å². The van der Waals surface area contributed by atoms with Crippen molar-refractivity contribution in [3.8, 4) is 5.75 Å². The summed E-state index contributed by atoms with van der Waals surface area (Å²) in [4.78, 5) is 19.4. The van der Waals surface area contributed by atoms with Crippen molar-refractivity contribution < 1.29 is 9.53 Å². The molecule has 0 radical (unpaired) electrons. The Morgan fingerprint density at radius 2 is 2.00 bits per heavy atom. The topological polar surface area (TPSA) is 66.5 Å². The molecule has 0 saturated carbocycles. The molecule has 1 aliphatic heterocycles. The number of carbonyl (C=O) groups is 1. The SMILES string of the molecule is COc1ccc(C2CC(C(=O)N(Cc3ccccn3)CC(C)C)NN2)cc1. The van der Waals surface area contributed by atoms with Crippen molar-refractivity contribution in [2.45, 2.75) is 38.9 Å². The van der Waals surface area contributed by atoms with Crippen LogP contribution in [0, 0.1) is 5.92 Å². The second-order valence-electron chi connectivity index (χ2n) is 7.34. The summed E-state index contributed by atoms with van der Waals surface area (Å²) >= 11 is 0. The Morgan fingerprint density at radius 1 is 1.22 bits per heavy atom. The number of pyridine rings is 1. The molecule has 2 heterocycles. The van der Waals surface area contributed by atoms with Gasteiger partial charge in [-0.25, -0.2) is 10.9 Å². The zero-order chi connectivity index (χ0) is 19.2. The van der Waals surface area contributed by atoms with Gasteiger partial charge in [0.15, 0.2) is 0 Å². The lowest BCUT2D eigenvalue weighted by molar-refractivity contribution is -0.134. The summed E-state index contributed by atoms with van der Waals surface area (Å²) in [5.41, 5.74) is 8.48. The maximum atomic E-state index is 13.1. The average molecular weight is 368 g/mol. The van der Waals surface area contributed by atoms with Gasteiger partial charge >= 0.3 is 0 Å². The molecule has 1 aromatic carbocycles. The van der Waals surface area contributed by atoms with Crippen LogP contribution in [0.1, 0.15) is 37.6 Å². The van der Waals surface area contributed by atoms with E-state index in [1.165, 1.54) is 0 Å². The third-order valence-corrected chi connectivity index (χ3v) is 4.70. The van der Waals surface area contributed by atoms with Crippen molar-refractivity contribution in [1.29, 1.82) is 0 Å². The number of nitrogens with zero attached hydrogens (tertiary/aromatic N) is 2. The molecular weight excluding hydrogens is 340 g/mol. The summed E-state index contributed by atoms with van der Waals surface area (Å²) in [6.45, 7) is 5.49. The summed E-state index contributed by atoms with van der Waals surface area (Å²) in [6, 6.07) is 13.6. The number of hydrogen-bond donors (Lipinski definition) is 2. The van der Waals surface area contributed by atoms with E-state index in [1.807, 2.05) is 47.4 Å². The van der Waals surface area contributed by atoms with Crippen LogP contribution in [0.4, 0.5) is 0 Å². The Bertz CT molecular complexity index is 734. The number of hydrogen-bond acceptors (Lipinski definition) is 5. The minimum absolute atomic E-state index is 0.0978. The summed E-state index contributed by atoms with van der Waals surface area (Å²) in [5.74, 6) is 1.33. The van der Waals surface area contributed by atoms with Crippen molar-refractivity contribution in [1.82, 2.24) is 20.7 Å². The average Bonchev–Trinajstić information content (AvgIpc) is 3.17. The monoisotopic (exact) mass is 368 g/mol. The van der Waals surface area contributed by atoms with E-state index in [9.17, 15) is 4.79 Å². The van der Waals surface area contributed by atoms with Gasteiger partial charge in [0.1, 0.15) is 11.8 Å². The molecule has 6 nitrogen and oxygen atoms in total. The Balaban J connectivity index is 1.66. The van der Waals surface area contributed by atoms with E-state index in [0.29, 0.717) is 25.4 Å². The minimum Gasteiger partial charge on any atom is -0.497 e. The molecule has 1 aromatic heterocycles. The predicted molar refractivity (Wildman–Crippen MR) is 105 cm³/mol. The first-order valence-corrected chi connectivity index (χ1v) is 9.40. The molecular formula is C21H28N4O2. The zero-order valence-corrected chi connectivity index (χ0v) is 16.2. The second kappa shape index (κ2) is 8.97. The van der Waals surface area contributed by atoms with E-state index in [2.05, 4.69) is 29.7 Å². The standard InChI is InChI=1S/C21H28N4O2/c1-15(2)13-25(14-17-6-4-5-11-22-17)21(26)20-12-19(23-24-20)16-7-9-18(27-3)10-8-16/h4-11,15,19-20,23-24H,12-14H2,1-3H3. The molecule has 27 heavy (non-hydrogen) atoms. The molecule has 2 aromatic rings. The first-order valence-electron chi connectivity index (χ1n) is 9.40. The van der Waals surface area contributed by atoms with Crippen LogP contribution < -0.4 is 15.6 Å². The van der Waals surface area contributed by atoms with E-state index in [4.69, 9.17) is 4.74 Å². The maximum Gasteiger partial charge on any atom is 0.241 e. The third-order valence-electron chi connectivity index (χ3n) is 4.70. The number of nitrogens with one attached hydrogen (secondary N) is 2. The predicted octanol–water partition coefficient (Wildman–Crippen LogP) is 2.68. The van der Waals surface area contributed by atoms with E-state index in [-0.39, 0.29) is 18.0 Å². The first-order chi connectivity index (χ1) is 13.1. The molecule has 1 saturated heterocycles. The van der Waals surface area contributed by atoms with E-state index in [1.54, 1.807) is 13.3 Å². The lowest BCUT2D eigenvalue weighted by Crippen LogP contribution is -2.46. The minimum atomic E-state index is -0.250. The fourth-order valence-corrected chi connectivity index (χ4v) is 3.35. The Morgan fingerprint density at radius 3 is 2.63 bits per heavy atom. The quantitative estimate of drug-likeness (QED) is 0.787. The molecule has 0 aliphatic carbocycles. The fourth-order valence-electron chi connectivity index (χ4n) is 3.35. The largest absolute Gasteiger partial charge is 0.497 e. The molecule has 1 amide bonds. The first kappa shape index (κ1) is 19.3. The summed E-state index contributed by atoms with van der Waals surface area (Å²) < 4.78 is 5.21. The van der Waals surface area contributed by atoms with Crippen LogP contribution in [0.25, 0.3) is 0 Å². The number of carbonyl (C=O) groups excluding carboxylic acids is 1. The van der Waals surface area contributed by atoms with Gasteiger partial charge in [0, 0.05) is 18.8 Å². The molecule has 0 bridgehead atoms. The van der Waals surface area contributed by atoms with Crippen molar-refractivity contribution in [3.05, 3.63) is 59.9 Å². The molecule has 1 aliphatic rings. The van der Waals surface area contributed by atoms with Gasteiger partial charge in [-0.05, 0) is 42.2 Å². The van der Waals surface area contributed by atoms with Gasteiger partial charge in [-0.15, -0.1) is 0 Å². The highest BCUT2D eigenvalue weighted by Crippen LogP contribution is 2.25. The lowest BCUT2D eigenvalue weighted by Gasteiger charge is -2.27. The van der Waals surface area contributed by atoms with Gasteiger partial charge in [-0.1, -0.05) is 32.0 Å². The molecule has 6 heteroatoms. The number of amides is 1. The highest BCUT2D eigenvalue weighted by atomic mass is 16.5. The number of aromatic nitrogens is 1. The van der Waals surface area contributed by atoms with Crippen LogP contribution in [0.3, 0.4) is 0 Å². The summed E-state index contributed by atoms with van der Waals surface area (Å²) in [5, 5.41) is 0. The highest BCUT2D eigenvalue weighted by Gasteiger charge is 2.33. The molecule has 2 atom stereocenters. The van der Waals surface area contributed by atoms with Gasteiger partial charge in [0.25, 0.3) is 0 Å². The number of ether oxygens (including phenoxy) is 1. The van der Waals surface area contributed by atoms with Crippen molar-refractivity contribution in [2.24, 2.45) is 5.92 Å². The van der Waals surface area contributed by atoms with Crippen LogP contribution in [-0.4, -0.2) is 35.5 Å². The van der Waals surface area contributed by atoms with E-state index < -0.39 is 0 Å². The number of hydrazine groups is 1. The Kier molecular flexibility index (Phi) is 6.42. The van der Waals surface area contributed by atoms with Crippen molar-refractivity contribution in [3.63, 3.8) is 0 Å². The van der Waals surface area contributed by atoms with Gasteiger partial charge in [0.05, 0.1) is 19.3 Å². The Hall–Kier alpha value is -2.44. The number of methoxy groups -OCH3 is 1.